The number of nitrogens with zero attached hydrogens (tertiary/aromatic N) is 1. The molecule has 8 heteroatoms. The summed E-state index contributed by atoms with van der Waals surface area (Å²) in [7, 11) is -0.465. The highest BCUT2D eigenvalue weighted by atomic mass is 32.2. The molecule has 1 fully saturated rings. The molecule has 2 rings (SSSR count). The smallest absolute Gasteiger partial charge is 0.235 e. The van der Waals surface area contributed by atoms with Crippen LogP contribution in [0, 0.1) is 0 Å². The van der Waals surface area contributed by atoms with Crippen LogP contribution in [0.3, 0.4) is 0 Å². The van der Waals surface area contributed by atoms with E-state index in [2.05, 4.69) is 5.32 Å². The van der Waals surface area contributed by atoms with E-state index >= 15 is 0 Å². The zero-order chi connectivity index (χ0) is 17.0. The van der Waals surface area contributed by atoms with E-state index in [1.807, 2.05) is 0 Å². The zero-order valence-corrected chi connectivity index (χ0v) is 14.4. The molecule has 1 saturated carbocycles. The van der Waals surface area contributed by atoms with E-state index in [9.17, 15) is 13.2 Å². The average molecular weight is 342 g/mol. The SMILES string of the molecule is COc1ccc(CN(CC(=O)NC2CC2)S(C)(=O)=O)cc1OC. The summed E-state index contributed by atoms with van der Waals surface area (Å²) >= 11 is 0. The molecule has 0 spiro atoms. The standard InChI is InChI=1S/C15H22N2O5S/c1-21-13-7-4-11(8-14(13)22-2)9-17(23(3,19)20)10-15(18)16-12-5-6-12/h4,7-8,12H,5-6,9-10H2,1-3H3,(H,16,18). The Morgan fingerprint density at radius 2 is 1.91 bits per heavy atom. The molecule has 0 heterocycles. The van der Waals surface area contributed by atoms with Crippen molar-refractivity contribution in [1.29, 1.82) is 0 Å². The highest BCUT2D eigenvalue weighted by molar-refractivity contribution is 7.88. The van der Waals surface area contributed by atoms with Crippen molar-refractivity contribution in [3.05, 3.63) is 23.8 Å². The molecule has 1 aliphatic rings. The Labute approximate surface area is 136 Å². The molecule has 0 atom stereocenters. The third-order valence-electron chi connectivity index (χ3n) is 3.54. The van der Waals surface area contributed by atoms with Crippen molar-refractivity contribution < 1.29 is 22.7 Å². The quantitative estimate of drug-likeness (QED) is 0.753. The van der Waals surface area contributed by atoms with Gasteiger partial charge >= 0.3 is 0 Å². The van der Waals surface area contributed by atoms with E-state index in [1.54, 1.807) is 18.2 Å². The van der Waals surface area contributed by atoms with E-state index in [0.717, 1.165) is 23.4 Å². The number of benzene rings is 1. The maximum absolute atomic E-state index is 11.9. The van der Waals surface area contributed by atoms with Crippen LogP contribution in [0.15, 0.2) is 18.2 Å². The Hall–Kier alpha value is -1.80. The van der Waals surface area contributed by atoms with Gasteiger partial charge in [0.2, 0.25) is 15.9 Å². The van der Waals surface area contributed by atoms with Crippen molar-refractivity contribution >= 4 is 15.9 Å². The van der Waals surface area contributed by atoms with Gasteiger partial charge in [0, 0.05) is 12.6 Å². The fourth-order valence-corrected chi connectivity index (χ4v) is 2.87. The summed E-state index contributed by atoms with van der Waals surface area (Å²) < 4.78 is 35.4. The van der Waals surface area contributed by atoms with Crippen LogP contribution >= 0.6 is 0 Å². The highest BCUT2D eigenvalue weighted by Gasteiger charge is 2.26. The number of rotatable bonds is 8. The number of methoxy groups -OCH3 is 2. The van der Waals surface area contributed by atoms with Gasteiger partial charge in [-0.2, -0.15) is 4.31 Å². The Morgan fingerprint density at radius 1 is 1.26 bits per heavy atom. The lowest BCUT2D eigenvalue weighted by Crippen LogP contribution is -2.40. The molecule has 1 aromatic rings. The topological polar surface area (TPSA) is 84.9 Å². The molecular formula is C15H22N2O5S. The van der Waals surface area contributed by atoms with Crippen molar-refractivity contribution in [2.45, 2.75) is 25.4 Å². The largest absolute Gasteiger partial charge is 0.493 e. The third kappa shape index (κ3) is 5.11. The molecule has 0 unspecified atom stereocenters. The van der Waals surface area contributed by atoms with Crippen molar-refractivity contribution in [3.8, 4) is 11.5 Å². The van der Waals surface area contributed by atoms with Gasteiger partial charge in [0.25, 0.3) is 0 Å². The van der Waals surface area contributed by atoms with Gasteiger partial charge in [-0.1, -0.05) is 6.07 Å². The van der Waals surface area contributed by atoms with E-state index in [4.69, 9.17) is 9.47 Å². The Balaban J connectivity index is 2.12. The van der Waals surface area contributed by atoms with Crippen LogP contribution in [0.4, 0.5) is 0 Å². The molecule has 23 heavy (non-hydrogen) atoms. The lowest BCUT2D eigenvalue weighted by Gasteiger charge is -2.20. The number of hydrogen-bond acceptors (Lipinski definition) is 5. The van der Waals surface area contributed by atoms with E-state index in [1.165, 1.54) is 14.2 Å². The molecule has 1 aromatic carbocycles. The lowest BCUT2D eigenvalue weighted by atomic mass is 10.2. The van der Waals surface area contributed by atoms with Crippen LogP contribution in [-0.2, 0) is 21.4 Å². The third-order valence-corrected chi connectivity index (χ3v) is 4.73. The van der Waals surface area contributed by atoms with Crippen LogP contribution in [0.5, 0.6) is 11.5 Å². The highest BCUT2D eigenvalue weighted by Crippen LogP contribution is 2.28. The van der Waals surface area contributed by atoms with Crippen molar-refractivity contribution in [2.75, 3.05) is 27.0 Å². The van der Waals surface area contributed by atoms with E-state index in [-0.39, 0.29) is 25.0 Å². The predicted octanol–water partition coefficient (Wildman–Crippen LogP) is 0.744. The summed E-state index contributed by atoms with van der Waals surface area (Å²) in [5, 5.41) is 2.79. The fourth-order valence-electron chi connectivity index (χ4n) is 2.13. The van der Waals surface area contributed by atoms with Gasteiger partial charge in [0.05, 0.1) is 27.0 Å². The molecule has 128 valence electrons. The Kier molecular flexibility index (Phi) is 5.48. The average Bonchev–Trinajstić information content (AvgIpc) is 3.29. The molecule has 0 bridgehead atoms. The minimum Gasteiger partial charge on any atom is -0.493 e. The van der Waals surface area contributed by atoms with Gasteiger partial charge in [0.1, 0.15) is 0 Å². The lowest BCUT2D eigenvalue weighted by molar-refractivity contribution is -0.121. The van der Waals surface area contributed by atoms with Gasteiger partial charge in [-0.3, -0.25) is 4.79 Å². The Morgan fingerprint density at radius 3 is 2.43 bits per heavy atom. The summed E-state index contributed by atoms with van der Waals surface area (Å²) in [6.07, 6.45) is 3.01. The van der Waals surface area contributed by atoms with Crippen molar-refractivity contribution in [2.24, 2.45) is 0 Å². The Bertz CT molecular complexity index is 670. The summed E-state index contributed by atoms with van der Waals surface area (Å²) in [6.45, 7) is -0.0963. The molecular weight excluding hydrogens is 320 g/mol. The first kappa shape index (κ1) is 17.6. The van der Waals surface area contributed by atoms with Crippen LogP contribution in [0.2, 0.25) is 0 Å². The number of carbonyl (C=O) groups is 1. The molecule has 7 nitrogen and oxygen atoms in total. The first-order chi connectivity index (χ1) is 10.8. The summed E-state index contributed by atoms with van der Waals surface area (Å²) in [5.41, 5.74) is 0.715. The first-order valence-electron chi connectivity index (χ1n) is 7.29. The van der Waals surface area contributed by atoms with Crippen LogP contribution in [0.25, 0.3) is 0 Å². The van der Waals surface area contributed by atoms with Crippen LogP contribution in [-0.4, -0.2) is 51.7 Å². The number of hydrogen-bond donors (Lipinski definition) is 1. The van der Waals surface area contributed by atoms with Crippen LogP contribution in [0.1, 0.15) is 18.4 Å². The maximum atomic E-state index is 11.9. The van der Waals surface area contributed by atoms with Gasteiger partial charge < -0.3 is 14.8 Å². The fraction of sp³-hybridized carbons (Fsp3) is 0.533. The normalized spacial score (nSPS) is 14.6. The first-order valence-corrected chi connectivity index (χ1v) is 9.13. The van der Waals surface area contributed by atoms with E-state index in [0.29, 0.717) is 17.1 Å². The molecule has 1 aliphatic carbocycles. The van der Waals surface area contributed by atoms with Crippen molar-refractivity contribution in [3.63, 3.8) is 0 Å². The number of nitrogens with one attached hydrogen (secondary N) is 1. The van der Waals surface area contributed by atoms with Gasteiger partial charge in [-0.05, 0) is 30.5 Å². The minimum atomic E-state index is -3.51. The van der Waals surface area contributed by atoms with Gasteiger partial charge in [0.15, 0.2) is 11.5 Å². The minimum absolute atomic E-state index is 0.0945. The molecule has 0 saturated heterocycles. The van der Waals surface area contributed by atoms with Crippen LogP contribution < -0.4 is 14.8 Å². The maximum Gasteiger partial charge on any atom is 0.235 e. The number of sulfonamides is 1. The zero-order valence-electron chi connectivity index (χ0n) is 13.5. The number of ether oxygens (including phenoxy) is 2. The van der Waals surface area contributed by atoms with Gasteiger partial charge in [-0.15, -0.1) is 0 Å². The summed E-state index contributed by atoms with van der Waals surface area (Å²) in [5.74, 6) is 0.799. The summed E-state index contributed by atoms with van der Waals surface area (Å²) in [6, 6.07) is 5.36. The van der Waals surface area contributed by atoms with E-state index < -0.39 is 10.0 Å². The predicted molar refractivity (Wildman–Crippen MR) is 86.0 cm³/mol. The number of carbonyl (C=O) groups excluding carboxylic acids is 1. The molecule has 1 N–H and O–H groups in total. The molecule has 1 amide bonds. The monoisotopic (exact) mass is 342 g/mol. The summed E-state index contributed by atoms with van der Waals surface area (Å²) in [4.78, 5) is 11.9. The second-order valence-electron chi connectivity index (χ2n) is 5.56. The second-order valence-corrected chi connectivity index (χ2v) is 7.54. The van der Waals surface area contributed by atoms with Gasteiger partial charge in [-0.25, -0.2) is 8.42 Å². The molecule has 0 radical (unpaired) electrons. The second kappa shape index (κ2) is 7.18. The molecule has 0 aromatic heterocycles. The molecule has 0 aliphatic heterocycles. The number of amides is 1. The van der Waals surface area contributed by atoms with Crippen molar-refractivity contribution in [1.82, 2.24) is 9.62 Å².